The topological polar surface area (TPSA) is 105 Å². The summed E-state index contributed by atoms with van der Waals surface area (Å²) in [5.74, 6) is -0.0611. The molecule has 3 aromatic carbocycles. The highest BCUT2D eigenvalue weighted by Gasteiger charge is 2.34. The van der Waals surface area contributed by atoms with Crippen LogP contribution in [-0.4, -0.2) is 58.0 Å². The average Bonchev–Trinajstić information content (AvgIpc) is 3.04. The highest BCUT2D eigenvalue weighted by molar-refractivity contribution is 7.92. The van der Waals surface area contributed by atoms with E-state index < -0.39 is 28.5 Å². The SMILES string of the molecule is CC[C@H](C(=O)NC1CCCCC1)N(Cc1ccc(C)cc1)C(=O)CN(c1ccc(C)cc1)S(=O)(=O)c1ccc(OC)c(OC)c1. The van der Waals surface area contributed by atoms with Crippen LogP contribution >= 0.6 is 0 Å². The van der Waals surface area contributed by atoms with Gasteiger partial charge in [-0.15, -0.1) is 0 Å². The number of nitrogens with one attached hydrogen (secondary N) is 1. The Kier molecular flexibility index (Phi) is 11.5. The van der Waals surface area contributed by atoms with Crippen LogP contribution in [0.25, 0.3) is 0 Å². The number of aryl methyl sites for hydroxylation is 2. The Hall–Kier alpha value is -4.05. The summed E-state index contributed by atoms with van der Waals surface area (Å²) in [6.07, 6.45) is 5.49. The fourth-order valence-electron chi connectivity index (χ4n) is 5.70. The van der Waals surface area contributed by atoms with Crippen molar-refractivity contribution in [1.82, 2.24) is 10.2 Å². The van der Waals surface area contributed by atoms with Crippen molar-refractivity contribution in [2.45, 2.75) is 82.8 Å². The number of benzene rings is 3. The second-order valence-corrected chi connectivity index (χ2v) is 13.5. The van der Waals surface area contributed by atoms with Crippen molar-refractivity contribution in [3.8, 4) is 11.5 Å². The molecule has 0 bridgehead atoms. The summed E-state index contributed by atoms with van der Waals surface area (Å²) in [5.41, 5.74) is 3.20. The highest BCUT2D eigenvalue weighted by atomic mass is 32.2. The summed E-state index contributed by atoms with van der Waals surface area (Å²) < 4.78 is 40.3. The molecular weight excluding hydrogens is 590 g/mol. The molecule has 3 aromatic rings. The van der Waals surface area contributed by atoms with E-state index in [1.165, 1.54) is 37.3 Å². The zero-order valence-corrected chi connectivity index (χ0v) is 27.7. The molecule has 1 atom stereocenters. The van der Waals surface area contributed by atoms with Gasteiger partial charge in [0, 0.05) is 18.7 Å². The molecule has 1 N–H and O–H groups in total. The maximum atomic E-state index is 14.4. The minimum atomic E-state index is -4.26. The lowest BCUT2D eigenvalue weighted by Crippen LogP contribution is -2.54. The molecule has 0 radical (unpaired) electrons. The first kappa shape index (κ1) is 33.8. The van der Waals surface area contributed by atoms with Crippen LogP contribution in [0.3, 0.4) is 0 Å². The number of amides is 2. The highest BCUT2D eigenvalue weighted by Crippen LogP contribution is 2.32. The average molecular weight is 636 g/mol. The van der Waals surface area contributed by atoms with Gasteiger partial charge in [-0.05, 0) is 62.9 Å². The van der Waals surface area contributed by atoms with Gasteiger partial charge in [0.15, 0.2) is 11.5 Å². The van der Waals surface area contributed by atoms with Gasteiger partial charge >= 0.3 is 0 Å². The molecule has 45 heavy (non-hydrogen) atoms. The lowest BCUT2D eigenvalue weighted by atomic mass is 9.95. The third-order valence-electron chi connectivity index (χ3n) is 8.35. The zero-order chi connectivity index (χ0) is 32.6. The number of rotatable bonds is 13. The molecule has 9 nitrogen and oxygen atoms in total. The van der Waals surface area contributed by atoms with Crippen molar-refractivity contribution in [3.05, 3.63) is 83.4 Å². The third kappa shape index (κ3) is 8.36. The minimum absolute atomic E-state index is 0.0549. The molecular formula is C35H45N3O6S. The lowest BCUT2D eigenvalue weighted by Gasteiger charge is -2.34. The molecule has 0 unspecified atom stereocenters. The fraction of sp³-hybridized carbons (Fsp3) is 0.429. The lowest BCUT2D eigenvalue weighted by molar-refractivity contribution is -0.140. The fourth-order valence-corrected chi connectivity index (χ4v) is 7.13. The Morgan fingerprint density at radius 3 is 2.04 bits per heavy atom. The van der Waals surface area contributed by atoms with Crippen LogP contribution in [-0.2, 0) is 26.2 Å². The molecule has 0 saturated heterocycles. The van der Waals surface area contributed by atoms with Crippen LogP contribution in [0.15, 0.2) is 71.6 Å². The molecule has 0 aromatic heterocycles. The summed E-state index contributed by atoms with van der Waals surface area (Å²) in [5, 5.41) is 3.18. The molecule has 0 spiro atoms. The molecule has 10 heteroatoms. The van der Waals surface area contributed by atoms with E-state index in [2.05, 4.69) is 5.32 Å². The molecule has 0 heterocycles. The van der Waals surface area contributed by atoms with Gasteiger partial charge in [0.2, 0.25) is 11.8 Å². The summed E-state index contributed by atoms with van der Waals surface area (Å²) in [7, 11) is -1.35. The van der Waals surface area contributed by atoms with Gasteiger partial charge in [-0.3, -0.25) is 13.9 Å². The number of hydrogen-bond acceptors (Lipinski definition) is 6. The number of anilines is 1. The van der Waals surface area contributed by atoms with E-state index in [0.717, 1.165) is 53.1 Å². The standard InChI is InChI=1S/C35H45N3O6S/c1-6-31(35(40)36-28-10-8-7-9-11-28)37(23-27-16-12-25(2)13-17-27)34(39)24-38(29-18-14-26(3)15-19-29)45(41,42)30-20-21-32(43-4)33(22-30)44-5/h12-22,28,31H,6-11,23-24H2,1-5H3,(H,36,40)/t31-/m1/s1. The largest absolute Gasteiger partial charge is 0.493 e. The van der Waals surface area contributed by atoms with Gasteiger partial charge in [-0.1, -0.05) is 73.7 Å². The number of carbonyl (C=O) groups is 2. The summed E-state index contributed by atoms with van der Waals surface area (Å²) in [6.45, 7) is 5.42. The van der Waals surface area contributed by atoms with E-state index in [-0.39, 0.29) is 29.1 Å². The van der Waals surface area contributed by atoms with Crippen LogP contribution in [0.1, 0.15) is 62.1 Å². The van der Waals surface area contributed by atoms with E-state index in [4.69, 9.17) is 9.47 Å². The minimum Gasteiger partial charge on any atom is -0.493 e. The van der Waals surface area contributed by atoms with E-state index in [1.54, 1.807) is 24.3 Å². The van der Waals surface area contributed by atoms with Crippen molar-refractivity contribution in [2.24, 2.45) is 0 Å². The van der Waals surface area contributed by atoms with Crippen molar-refractivity contribution < 1.29 is 27.5 Å². The second kappa shape index (κ2) is 15.3. The first-order valence-corrected chi connectivity index (χ1v) is 17.0. The first-order valence-electron chi connectivity index (χ1n) is 15.5. The van der Waals surface area contributed by atoms with E-state index in [1.807, 2.05) is 45.0 Å². The van der Waals surface area contributed by atoms with Crippen LogP contribution in [0, 0.1) is 13.8 Å². The molecule has 1 aliphatic rings. The summed E-state index contributed by atoms with van der Waals surface area (Å²) in [6, 6.07) is 18.4. The predicted molar refractivity (Wildman–Crippen MR) is 176 cm³/mol. The Balaban J connectivity index is 1.73. The molecule has 1 aliphatic carbocycles. The quantitative estimate of drug-likeness (QED) is 0.256. The second-order valence-electron chi connectivity index (χ2n) is 11.6. The van der Waals surface area contributed by atoms with E-state index >= 15 is 0 Å². The van der Waals surface area contributed by atoms with Crippen LogP contribution in [0.5, 0.6) is 11.5 Å². The smallest absolute Gasteiger partial charge is 0.264 e. The summed E-state index contributed by atoms with van der Waals surface area (Å²) in [4.78, 5) is 29.5. The van der Waals surface area contributed by atoms with Crippen LogP contribution < -0.4 is 19.1 Å². The van der Waals surface area contributed by atoms with Gasteiger partial charge in [0.1, 0.15) is 12.6 Å². The van der Waals surface area contributed by atoms with Gasteiger partial charge in [0.05, 0.1) is 24.8 Å². The first-order chi connectivity index (χ1) is 21.6. The van der Waals surface area contributed by atoms with Crippen molar-refractivity contribution in [2.75, 3.05) is 25.1 Å². The molecule has 4 rings (SSSR count). The monoisotopic (exact) mass is 635 g/mol. The Morgan fingerprint density at radius 2 is 1.47 bits per heavy atom. The third-order valence-corrected chi connectivity index (χ3v) is 10.1. The normalized spacial score (nSPS) is 14.3. The van der Waals surface area contributed by atoms with E-state index in [9.17, 15) is 18.0 Å². The molecule has 1 saturated carbocycles. The summed E-state index contributed by atoms with van der Waals surface area (Å²) >= 11 is 0. The van der Waals surface area contributed by atoms with E-state index in [0.29, 0.717) is 17.9 Å². The van der Waals surface area contributed by atoms with Gasteiger partial charge in [-0.25, -0.2) is 8.42 Å². The number of nitrogens with zero attached hydrogens (tertiary/aromatic N) is 2. The Bertz CT molecular complexity index is 1550. The molecule has 242 valence electrons. The number of sulfonamides is 1. The Labute approximate surface area is 267 Å². The molecule has 2 amide bonds. The molecule has 0 aliphatic heterocycles. The van der Waals surface area contributed by atoms with Gasteiger partial charge < -0.3 is 19.7 Å². The Morgan fingerprint density at radius 1 is 0.867 bits per heavy atom. The van der Waals surface area contributed by atoms with Crippen molar-refractivity contribution >= 4 is 27.5 Å². The molecule has 1 fully saturated rings. The maximum Gasteiger partial charge on any atom is 0.264 e. The van der Waals surface area contributed by atoms with Crippen molar-refractivity contribution in [3.63, 3.8) is 0 Å². The number of carbonyl (C=O) groups excluding carboxylic acids is 2. The maximum absolute atomic E-state index is 14.4. The van der Waals surface area contributed by atoms with Gasteiger partial charge in [0.25, 0.3) is 10.0 Å². The predicted octanol–water partition coefficient (Wildman–Crippen LogP) is 5.77. The van der Waals surface area contributed by atoms with Crippen LogP contribution in [0.4, 0.5) is 5.69 Å². The number of hydrogen-bond donors (Lipinski definition) is 1. The van der Waals surface area contributed by atoms with Crippen molar-refractivity contribution in [1.29, 1.82) is 0 Å². The van der Waals surface area contributed by atoms with Gasteiger partial charge in [-0.2, -0.15) is 0 Å². The zero-order valence-electron chi connectivity index (χ0n) is 26.9. The number of ether oxygens (including phenoxy) is 2. The number of methoxy groups -OCH3 is 2. The van der Waals surface area contributed by atoms with Crippen LogP contribution in [0.2, 0.25) is 0 Å².